The van der Waals surface area contributed by atoms with Crippen molar-refractivity contribution in [2.45, 2.75) is 12.5 Å². The van der Waals surface area contributed by atoms with Crippen LogP contribution in [0.25, 0.3) is 0 Å². The Morgan fingerprint density at radius 1 is 1.33 bits per heavy atom. The van der Waals surface area contributed by atoms with E-state index in [2.05, 4.69) is 4.74 Å². The monoisotopic (exact) mass is 251 g/mol. The van der Waals surface area contributed by atoms with E-state index in [0.29, 0.717) is 6.42 Å². The van der Waals surface area contributed by atoms with Crippen molar-refractivity contribution in [3.8, 4) is 5.75 Å². The lowest BCUT2D eigenvalue weighted by molar-refractivity contribution is -0.111. The molecule has 0 fully saturated rings. The van der Waals surface area contributed by atoms with Gasteiger partial charge >= 0.3 is 6.09 Å². The van der Waals surface area contributed by atoms with E-state index >= 15 is 0 Å². The summed E-state index contributed by atoms with van der Waals surface area (Å²) in [5.41, 5.74) is 0.948. The molecule has 1 atom stereocenters. The number of ether oxygens (including phenoxy) is 2. The first-order valence-electron chi connectivity index (χ1n) is 5.51. The average Bonchev–Trinajstić information content (AvgIpc) is 2.43. The summed E-state index contributed by atoms with van der Waals surface area (Å²) in [6.07, 6.45) is 0.654. The van der Waals surface area contributed by atoms with Crippen molar-refractivity contribution >= 4 is 12.4 Å². The van der Waals surface area contributed by atoms with E-state index in [-0.39, 0.29) is 0 Å². The summed E-state index contributed by atoms with van der Waals surface area (Å²) in [5, 5.41) is 0. The zero-order valence-corrected chi connectivity index (χ0v) is 10.8. The Morgan fingerprint density at radius 3 is 2.39 bits per heavy atom. The molecule has 0 aliphatic carbocycles. The molecule has 1 aromatic rings. The minimum Gasteiger partial charge on any atom is -0.497 e. The van der Waals surface area contributed by atoms with E-state index in [1.54, 1.807) is 7.11 Å². The van der Waals surface area contributed by atoms with Gasteiger partial charge in [-0.3, -0.25) is 0 Å². The van der Waals surface area contributed by atoms with Gasteiger partial charge in [-0.2, -0.15) is 0 Å². The second kappa shape index (κ2) is 6.64. The van der Waals surface area contributed by atoms with Crippen LogP contribution in [-0.2, 0) is 16.0 Å². The largest absolute Gasteiger partial charge is 0.497 e. The molecule has 1 aromatic carbocycles. The lowest BCUT2D eigenvalue weighted by Crippen LogP contribution is -2.39. The van der Waals surface area contributed by atoms with Crippen molar-refractivity contribution in [3.05, 3.63) is 29.8 Å². The Balaban J connectivity index is 2.72. The molecule has 1 amide bonds. The van der Waals surface area contributed by atoms with Crippen LogP contribution in [0.1, 0.15) is 5.56 Å². The Morgan fingerprint density at radius 2 is 1.94 bits per heavy atom. The third-order valence-corrected chi connectivity index (χ3v) is 2.72. The van der Waals surface area contributed by atoms with E-state index < -0.39 is 12.1 Å². The maximum absolute atomic E-state index is 11.3. The molecule has 0 spiro atoms. The number of nitrogens with zero attached hydrogens (tertiary/aromatic N) is 1. The third kappa shape index (κ3) is 3.48. The van der Waals surface area contributed by atoms with Gasteiger partial charge in [0.05, 0.1) is 20.3 Å². The van der Waals surface area contributed by atoms with Crippen LogP contribution in [0.15, 0.2) is 24.3 Å². The highest BCUT2D eigenvalue weighted by molar-refractivity contribution is 5.73. The summed E-state index contributed by atoms with van der Waals surface area (Å²) in [6.45, 7) is 0. The van der Waals surface area contributed by atoms with Crippen molar-refractivity contribution in [3.63, 3.8) is 0 Å². The molecule has 18 heavy (non-hydrogen) atoms. The van der Waals surface area contributed by atoms with Gasteiger partial charge < -0.3 is 19.2 Å². The Bertz CT molecular complexity index is 402. The number of methoxy groups -OCH3 is 2. The zero-order valence-electron chi connectivity index (χ0n) is 10.8. The van der Waals surface area contributed by atoms with Gasteiger partial charge in [-0.05, 0) is 24.1 Å². The van der Waals surface area contributed by atoms with Crippen LogP contribution in [0.2, 0.25) is 0 Å². The van der Waals surface area contributed by atoms with E-state index in [9.17, 15) is 9.59 Å². The van der Waals surface area contributed by atoms with Crippen LogP contribution in [0.5, 0.6) is 5.75 Å². The average molecular weight is 251 g/mol. The summed E-state index contributed by atoms with van der Waals surface area (Å²) in [6, 6.07) is 6.82. The standard InChI is InChI=1S/C13H17NO4/c1-14(13(16)18-3)11(9-15)8-10-4-6-12(17-2)7-5-10/h4-7,9,11H,8H2,1-3H3/t11-/m1/s1. The molecule has 0 aliphatic rings. The molecule has 98 valence electrons. The van der Waals surface area contributed by atoms with Crippen molar-refractivity contribution < 1.29 is 19.1 Å². The first-order chi connectivity index (χ1) is 8.62. The van der Waals surface area contributed by atoms with Crippen LogP contribution in [0.4, 0.5) is 4.79 Å². The van der Waals surface area contributed by atoms with E-state index in [1.807, 2.05) is 24.3 Å². The Labute approximate surface area is 106 Å². The molecular weight excluding hydrogens is 234 g/mol. The van der Waals surface area contributed by atoms with Crippen LogP contribution < -0.4 is 4.74 Å². The maximum Gasteiger partial charge on any atom is 0.409 e. The minimum atomic E-state index is -0.536. The lowest BCUT2D eigenvalue weighted by atomic mass is 10.1. The number of likely N-dealkylation sites (N-methyl/N-ethyl adjacent to an activating group) is 1. The summed E-state index contributed by atoms with van der Waals surface area (Å²) < 4.78 is 9.63. The molecule has 1 rings (SSSR count). The van der Waals surface area contributed by atoms with Gasteiger partial charge in [0, 0.05) is 7.05 Å². The molecule has 0 saturated carbocycles. The Kier molecular flexibility index (Phi) is 5.17. The number of carbonyl (C=O) groups is 2. The van der Waals surface area contributed by atoms with Crippen molar-refractivity contribution in [1.82, 2.24) is 4.90 Å². The molecule has 5 nitrogen and oxygen atoms in total. The molecule has 5 heteroatoms. The molecule has 0 heterocycles. The quantitative estimate of drug-likeness (QED) is 0.744. The fourth-order valence-corrected chi connectivity index (χ4v) is 1.56. The van der Waals surface area contributed by atoms with Crippen LogP contribution in [-0.4, -0.2) is 44.6 Å². The molecule has 0 radical (unpaired) electrons. The number of amides is 1. The second-order valence-corrected chi connectivity index (χ2v) is 3.84. The van der Waals surface area contributed by atoms with Gasteiger partial charge in [-0.15, -0.1) is 0 Å². The fourth-order valence-electron chi connectivity index (χ4n) is 1.56. The topological polar surface area (TPSA) is 55.8 Å². The molecule has 0 unspecified atom stereocenters. The number of hydrogen-bond donors (Lipinski definition) is 0. The van der Waals surface area contributed by atoms with E-state index in [4.69, 9.17) is 4.74 Å². The van der Waals surface area contributed by atoms with Gasteiger partial charge in [-0.1, -0.05) is 12.1 Å². The smallest absolute Gasteiger partial charge is 0.409 e. The fraction of sp³-hybridized carbons (Fsp3) is 0.385. The summed E-state index contributed by atoms with van der Waals surface area (Å²) >= 11 is 0. The molecular formula is C13H17NO4. The lowest BCUT2D eigenvalue weighted by Gasteiger charge is -2.22. The predicted octanol–water partition coefficient (Wildman–Crippen LogP) is 1.50. The number of aldehydes is 1. The number of hydrogen-bond acceptors (Lipinski definition) is 4. The van der Waals surface area contributed by atoms with Crippen molar-refractivity contribution in [1.29, 1.82) is 0 Å². The molecule has 0 aliphatic heterocycles. The first kappa shape index (κ1) is 14.0. The van der Waals surface area contributed by atoms with Crippen molar-refractivity contribution in [2.75, 3.05) is 21.3 Å². The predicted molar refractivity (Wildman–Crippen MR) is 66.7 cm³/mol. The van der Waals surface area contributed by atoms with E-state index in [1.165, 1.54) is 19.1 Å². The first-order valence-corrected chi connectivity index (χ1v) is 5.51. The highest BCUT2D eigenvalue weighted by atomic mass is 16.5. The van der Waals surface area contributed by atoms with Crippen molar-refractivity contribution in [2.24, 2.45) is 0 Å². The number of rotatable bonds is 5. The Hall–Kier alpha value is -2.04. The third-order valence-electron chi connectivity index (χ3n) is 2.72. The number of benzene rings is 1. The molecule has 0 aromatic heterocycles. The van der Waals surface area contributed by atoms with Gasteiger partial charge in [0.1, 0.15) is 12.0 Å². The minimum absolute atomic E-state index is 0.444. The molecule has 0 saturated heterocycles. The molecule has 0 N–H and O–H groups in total. The molecule has 0 bridgehead atoms. The zero-order chi connectivity index (χ0) is 13.5. The van der Waals surface area contributed by atoms with Gasteiger partial charge in [0.2, 0.25) is 0 Å². The highest BCUT2D eigenvalue weighted by Gasteiger charge is 2.20. The normalized spacial score (nSPS) is 11.5. The maximum atomic E-state index is 11.3. The van der Waals surface area contributed by atoms with E-state index in [0.717, 1.165) is 17.6 Å². The summed E-state index contributed by atoms with van der Waals surface area (Å²) in [5.74, 6) is 0.753. The highest BCUT2D eigenvalue weighted by Crippen LogP contribution is 2.13. The van der Waals surface area contributed by atoms with Gasteiger partial charge in [0.15, 0.2) is 0 Å². The summed E-state index contributed by atoms with van der Waals surface area (Å²) in [7, 11) is 4.41. The number of carbonyl (C=O) groups excluding carboxylic acids is 2. The SMILES string of the molecule is COC(=O)N(C)[C@@H](C=O)Cc1ccc(OC)cc1. The van der Waals surface area contributed by atoms with Gasteiger partial charge in [-0.25, -0.2) is 4.79 Å². The van der Waals surface area contributed by atoms with Crippen LogP contribution in [0.3, 0.4) is 0 Å². The van der Waals surface area contributed by atoms with Gasteiger partial charge in [0.25, 0.3) is 0 Å². The second-order valence-electron chi connectivity index (χ2n) is 3.84. The van der Waals surface area contributed by atoms with Crippen LogP contribution in [0, 0.1) is 0 Å². The van der Waals surface area contributed by atoms with Crippen LogP contribution >= 0.6 is 0 Å². The summed E-state index contributed by atoms with van der Waals surface area (Å²) in [4.78, 5) is 23.6.